The normalized spacial score (nSPS) is 16.8. The molecule has 6 heteroatoms. The Balaban J connectivity index is 1.82. The highest BCUT2D eigenvalue weighted by Gasteiger charge is 2.28. The Kier molecular flexibility index (Phi) is 2.13. The van der Waals surface area contributed by atoms with Crippen molar-refractivity contribution in [3.8, 4) is 0 Å². The molecule has 0 saturated carbocycles. The fourth-order valence-electron chi connectivity index (χ4n) is 1.32. The Hall–Kier alpha value is -1.17. The van der Waals surface area contributed by atoms with Gasteiger partial charge in [0, 0.05) is 20.0 Å². The lowest BCUT2D eigenvalue weighted by atomic mass is 10.1. The molecule has 1 aromatic rings. The number of hydrogen-bond donors (Lipinski definition) is 1. The van der Waals surface area contributed by atoms with Gasteiger partial charge in [-0.25, -0.2) is 0 Å². The van der Waals surface area contributed by atoms with Gasteiger partial charge in [-0.1, -0.05) is 11.3 Å². The van der Waals surface area contributed by atoms with Gasteiger partial charge in [0.15, 0.2) is 0 Å². The summed E-state index contributed by atoms with van der Waals surface area (Å²) in [5.41, 5.74) is 1.71. The molecule has 0 bridgehead atoms. The topological polar surface area (TPSA) is 58.1 Å². The van der Waals surface area contributed by atoms with Crippen molar-refractivity contribution in [2.75, 3.05) is 18.0 Å². The summed E-state index contributed by atoms with van der Waals surface area (Å²) < 4.78 is 0. The van der Waals surface area contributed by atoms with Gasteiger partial charge in [-0.2, -0.15) is 0 Å². The number of amides is 1. The molecule has 0 aliphatic carbocycles. The van der Waals surface area contributed by atoms with Gasteiger partial charge < -0.3 is 10.2 Å². The van der Waals surface area contributed by atoms with E-state index in [1.807, 2.05) is 0 Å². The van der Waals surface area contributed by atoms with Gasteiger partial charge in [0.05, 0.1) is 6.04 Å². The van der Waals surface area contributed by atoms with Gasteiger partial charge in [0.25, 0.3) is 0 Å². The van der Waals surface area contributed by atoms with Crippen molar-refractivity contribution >= 4 is 22.4 Å². The van der Waals surface area contributed by atoms with Gasteiger partial charge in [-0.3, -0.25) is 4.79 Å². The highest BCUT2D eigenvalue weighted by molar-refractivity contribution is 7.13. The molecule has 1 amide bonds. The van der Waals surface area contributed by atoms with Crippen molar-refractivity contribution < 1.29 is 4.79 Å². The molecule has 1 aliphatic heterocycles. The van der Waals surface area contributed by atoms with Crippen LogP contribution in [0.25, 0.3) is 0 Å². The third kappa shape index (κ3) is 1.77. The van der Waals surface area contributed by atoms with E-state index in [1.54, 1.807) is 5.51 Å². The lowest BCUT2D eigenvalue weighted by Gasteiger charge is -2.38. The largest absolute Gasteiger partial charge is 0.350 e. The van der Waals surface area contributed by atoms with E-state index in [2.05, 4.69) is 20.4 Å². The smallest absolute Gasteiger partial charge is 0.217 e. The fraction of sp³-hybridized carbons (Fsp3) is 0.571. The predicted molar refractivity (Wildman–Crippen MR) is 49.7 cm³/mol. The molecule has 5 nitrogen and oxygen atoms in total. The summed E-state index contributed by atoms with van der Waals surface area (Å²) in [5, 5.41) is 11.5. The lowest BCUT2D eigenvalue weighted by Crippen LogP contribution is -2.59. The second-order valence-electron chi connectivity index (χ2n) is 3.02. The minimum atomic E-state index is 0.0295. The first-order valence-electron chi connectivity index (χ1n) is 4.04. The van der Waals surface area contributed by atoms with Crippen LogP contribution < -0.4 is 10.2 Å². The Morgan fingerprint density at radius 2 is 2.54 bits per heavy atom. The average molecular weight is 198 g/mol. The number of hydrogen-bond acceptors (Lipinski definition) is 5. The van der Waals surface area contributed by atoms with Crippen LogP contribution in [0.15, 0.2) is 5.51 Å². The number of aromatic nitrogens is 2. The predicted octanol–water partition coefficient (Wildman–Crippen LogP) is -0.137. The van der Waals surface area contributed by atoms with Crippen molar-refractivity contribution in [3.63, 3.8) is 0 Å². The van der Waals surface area contributed by atoms with Crippen molar-refractivity contribution in [3.05, 3.63) is 5.51 Å². The first kappa shape index (κ1) is 8.43. The number of nitrogens with zero attached hydrogens (tertiary/aromatic N) is 3. The fourth-order valence-corrected chi connectivity index (χ4v) is 1.90. The van der Waals surface area contributed by atoms with E-state index in [0.717, 1.165) is 18.2 Å². The van der Waals surface area contributed by atoms with Crippen LogP contribution in [-0.4, -0.2) is 35.2 Å². The number of anilines is 1. The molecule has 1 aliphatic rings. The van der Waals surface area contributed by atoms with Crippen LogP contribution in [0.2, 0.25) is 0 Å². The van der Waals surface area contributed by atoms with Crippen molar-refractivity contribution in [2.45, 2.75) is 13.0 Å². The highest BCUT2D eigenvalue weighted by Crippen LogP contribution is 2.21. The molecule has 13 heavy (non-hydrogen) atoms. The first-order valence-corrected chi connectivity index (χ1v) is 4.92. The van der Waals surface area contributed by atoms with Gasteiger partial charge >= 0.3 is 0 Å². The maximum atomic E-state index is 10.7. The third-order valence-electron chi connectivity index (χ3n) is 1.91. The zero-order valence-electron chi connectivity index (χ0n) is 7.23. The Labute approximate surface area is 79.8 Å². The van der Waals surface area contributed by atoms with Gasteiger partial charge in [0.2, 0.25) is 11.0 Å². The monoisotopic (exact) mass is 198 g/mol. The van der Waals surface area contributed by atoms with Crippen LogP contribution in [-0.2, 0) is 4.79 Å². The maximum absolute atomic E-state index is 10.7. The number of carbonyl (C=O) groups is 1. The summed E-state index contributed by atoms with van der Waals surface area (Å²) in [6.45, 7) is 3.22. The Morgan fingerprint density at radius 3 is 3.08 bits per heavy atom. The van der Waals surface area contributed by atoms with E-state index in [-0.39, 0.29) is 11.9 Å². The molecule has 70 valence electrons. The molecule has 0 aromatic carbocycles. The van der Waals surface area contributed by atoms with Gasteiger partial charge in [-0.15, -0.1) is 10.2 Å². The van der Waals surface area contributed by atoms with E-state index in [1.165, 1.54) is 18.3 Å². The van der Waals surface area contributed by atoms with Gasteiger partial charge in [-0.05, 0) is 0 Å². The molecule has 2 rings (SSSR count). The van der Waals surface area contributed by atoms with E-state index in [4.69, 9.17) is 0 Å². The summed E-state index contributed by atoms with van der Waals surface area (Å²) in [4.78, 5) is 12.8. The summed E-state index contributed by atoms with van der Waals surface area (Å²) in [5.74, 6) is 0.0295. The molecule has 0 atom stereocenters. The van der Waals surface area contributed by atoms with Crippen LogP contribution in [0.4, 0.5) is 5.13 Å². The van der Waals surface area contributed by atoms with E-state index in [0.29, 0.717) is 0 Å². The second kappa shape index (κ2) is 3.29. The number of carbonyl (C=O) groups excluding carboxylic acids is 1. The standard InChI is InChI=1S/C7H10N4OS/c1-5(12)9-6-2-11(3-6)7-10-8-4-13-7/h4,6H,2-3H2,1H3,(H,9,12). The summed E-state index contributed by atoms with van der Waals surface area (Å²) in [6, 6.07) is 0.279. The highest BCUT2D eigenvalue weighted by atomic mass is 32.1. The molecule has 0 unspecified atom stereocenters. The molecular weight excluding hydrogens is 188 g/mol. The molecule has 2 heterocycles. The second-order valence-corrected chi connectivity index (χ2v) is 3.84. The minimum Gasteiger partial charge on any atom is -0.350 e. The molecule has 1 saturated heterocycles. The summed E-state index contributed by atoms with van der Waals surface area (Å²) in [7, 11) is 0. The molecule has 0 radical (unpaired) electrons. The number of rotatable bonds is 2. The lowest BCUT2D eigenvalue weighted by molar-refractivity contribution is -0.119. The molecule has 1 fully saturated rings. The van der Waals surface area contributed by atoms with Crippen LogP contribution in [0.5, 0.6) is 0 Å². The Morgan fingerprint density at radius 1 is 1.77 bits per heavy atom. The zero-order chi connectivity index (χ0) is 9.26. The minimum absolute atomic E-state index is 0.0295. The van der Waals surface area contributed by atoms with Crippen LogP contribution >= 0.6 is 11.3 Å². The van der Waals surface area contributed by atoms with Crippen molar-refractivity contribution in [1.29, 1.82) is 0 Å². The van der Waals surface area contributed by atoms with Crippen LogP contribution in [0, 0.1) is 0 Å². The number of nitrogens with one attached hydrogen (secondary N) is 1. The summed E-state index contributed by atoms with van der Waals surface area (Å²) >= 11 is 1.52. The maximum Gasteiger partial charge on any atom is 0.217 e. The Bertz CT molecular complexity index is 293. The SMILES string of the molecule is CC(=O)NC1CN(c2nncs2)C1. The van der Waals surface area contributed by atoms with E-state index < -0.39 is 0 Å². The van der Waals surface area contributed by atoms with Crippen LogP contribution in [0.3, 0.4) is 0 Å². The van der Waals surface area contributed by atoms with Crippen molar-refractivity contribution in [1.82, 2.24) is 15.5 Å². The molecule has 1 N–H and O–H groups in total. The van der Waals surface area contributed by atoms with Gasteiger partial charge in [0.1, 0.15) is 5.51 Å². The molecule has 1 aromatic heterocycles. The van der Waals surface area contributed by atoms with E-state index in [9.17, 15) is 4.79 Å². The third-order valence-corrected chi connectivity index (χ3v) is 2.66. The summed E-state index contributed by atoms with van der Waals surface area (Å²) in [6.07, 6.45) is 0. The first-order chi connectivity index (χ1) is 6.25. The zero-order valence-corrected chi connectivity index (χ0v) is 8.04. The molecular formula is C7H10N4OS. The quantitative estimate of drug-likeness (QED) is 0.718. The van der Waals surface area contributed by atoms with Crippen LogP contribution in [0.1, 0.15) is 6.92 Å². The molecule has 0 spiro atoms. The average Bonchev–Trinajstić information content (AvgIpc) is 2.46. The van der Waals surface area contributed by atoms with E-state index >= 15 is 0 Å². The van der Waals surface area contributed by atoms with Crippen molar-refractivity contribution in [2.24, 2.45) is 0 Å².